The van der Waals surface area contributed by atoms with Crippen LogP contribution in [0.5, 0.6) is 0 Å². The van der Waals surface area contributed by atoms with Crippen molar-refractivity contribution in [1.82, 2.24) is 4.90 Å². The van der Waals surface area contributed by atoms with Crippen LogP contribution in [-0.2, 0) is 4.74 Å². The average molecular weight is 255 g/mol. The molecule has 0 heterocycles. The summed E-state index contributed by atoms with van der Waals surface area (Å²) < 4.78 is 5.23. The number of ether oxygens (including phenoxy) is 1. The molecule has 1 rings (SSSR count). The van der Waals surface area contributed by atoms with E-state index < -0.39 is 0 Å². The molecular formula is C15H22LiNO2. The van der Waals surface area contributed by atoms with Crippen LogP contribution in [0.15, 0.2) is 24.3 Å². The first-order valence-corrected chi connectivity index (χ1v) is 6.30. The number of carbonyl (C=O) groups excluding carboxylic acids is 1. The Hall–Kier alpha value is -1.04. The molecule has 4 heteroatoms. The van der Waals surface area contributed by atoms with Gasteiger partial charge in [0.15, 0.2) is 0 Å². The van der Waals surface area contributed by atoms with E-state index >= 15 is 0 Å². The van der Waals surface area contributed by atoms with Gasteiger partial charge in [-0.2, -0.15) is 17.7 Å². The van der Waals surface area contributed by atoms with Crippen molar-refractivity contribution >= 4 is 6.09 Å². The normalized spacial score (nSPS) is 10.1. The fraction of sp³-hybridized carbons (Fsp3) is 0.467. The number of carbonyl (C=O) groups is 1. The van der Waals surface area contributed by atoms with E-state index in [2.05, 4.69) is 0 Å². The molecular weight excluding hydrogens is 233 g/mol. The minimum Gasteiger partial charge on any atom is -0.481 e. The third kappa shape index (κ3) is 5.63. The minimum absolute atomic E-state index is 0. The number of benzene rings is 1. The van der Waals surface area contributed by atoms with Gasteiger partial charge in [-0.05, 0) is 34.3 Å². The Bertz CT molecular complexity index is 397. The predicted molar refractivity (Wildman–Crippen MR) is 73.2 cm³/mol. The third-order valence-corrected chi connectivity index (χ3v) is 2.66. The van der Waals surface area contributed by atoms with Gasteiger partial charge >= 0.3 is 25.0 Å². The molecule has 0 aromatic heterocycles. The number of hydrogen-bond acceptors (Lipinski definition) is 2. The van der Waals surface area contributed by atoms with Gasteiger partial charge in [0.05, 0.1) is 0 Å². The summed E-state index contributed by atoms with van der Waals surface area (Å²) in [5, 5.41) is 0. The Morgan fingerprint density at radius 3 is 2.26 bits per heavy atom. The van der Waals surface area contributed by atoms with Crippen molar-refractivity contribution in [3.05, 3.63) is 42.0 Å². The summed E-state index contributed by atoms with van der Waals surface area (Å²) in [7, 11) is 0. The second-order valence-electron chi connectivity index (χ2n) is 5.01. The number of nitrogens with zero attached hydrogens (tertiary/aromatic N) is 1. The molecule has 0 aliphatic heterocycles. The Balaban J connectivity index is 0.00000324. The van der Waals surface area contributed by atoms with Gasteiger partial charge in [-0.25, -0.2) is 4.79 Å². The standard InChI is InChI=1S/C15H22NO2.Li/c1-11(2)16(12(3)4)15(17)18-10-14-8-6-7-13(5)9-14;/h6-12H,1-5H3;/q-1;+1. The van der Waals surface area contributed by atoms with Crippen LogP contribution >= 0.6 is 0 Å². The fourth-order valence-corrected chi connectivity index (χ4v) is 1.94. The van der Waals surface area contributed by atoms with Crippen LogP contribution < -0.4 is 18.9 Å². The van der Waals surface area contributed by atoms with Crippen molar-refractivity contribution in [3.63, 3.8) is 0 Å². The molecule has 0 atom stereocenters. The molecule has 1 aromatic rings. The molecule has 0 aliphatic rings. The van der Waals surface area contributed by atoms with E-state index in [-0.39, 0.29) is 37.0 Å². The van der Waals surface area contributed by atoms with Crippen LogP contribution in [0.3, 0.4) is 0 Å². The molecule has 0 bridgehead atoms. The van der Waals surface area contributed by atoms with Crippen molar-refractivity contribution < 1.29 is 28.4 Å². The van der Waals surface area contributed by atoms with Crippen molar-refractivity contribution in [2.75, 3.05) is 0 Å². The predicted octanol–water partition coefficient (Wildman–Crippen LogP) is 0.764. The van der Waals surface area contributed by atoms with Crippen molar-refractivity contribution in [3.8, 4) is 0 Å². The molecule has 0 aliphatic carbocycles. The number of aryl methyl sites for hydroxylation is 1. The summed E-state index contributed by atoms with van der Waals surface area (Å²) in [6, 6.07) is 8.09. The van der Waals surface area contributed by atoms with Gasteiger partial charge in [-0.15, -0.1) is 11.6 Å². The fourth-order valence-electron chi connectivity index (χ4n) is 1.94. The van der Waals surface area contributed by atoms with Crippen molar-refractivity contribution in [2.45, 2.75) is 46.7 Å². The molecule has 0 radical (unpaired) electrons. The van der Waals surface area contributed by atoms with E-state index in [9.17, 15) is 4.79 Å². The van der Waals surface area contributed by atoms with Crippen LogP contribution in [0.1, 0.15) is 38.8 Å². The van der Waals surface area contributed by atoms with Gasteiger partial charge in [0.25, 0.3) is 0 Å². The zero-order valence-corrected chi connectivity index (χ0v) is 12.8. The van der Waals surface area contributed by atoms with Gasteiger partial charge in [0.1, 0.15) is 0 Å². The Morgan fingerprint density at radius 1 is 1.21 bits per heavy atom. The second kappa shape index (κ2) is 8.19. The molecule has 0 saturated heterocycles. The molecule has 0 saturated carbocycles. The number of hydrogen-bond donors (Lipinski definition) is 0. The van der Waals surface area contributed by atoms with E-state index in [4.69, 9.17) is 4.74 Å². The average Bonchev–Trinajstić information content (AvgIpc) is 2.25. The summed E-state index contributed by atoms with van der Waals surface area (Å²) in [5.74, 6) is 0. The van der Waals surface area contributed by atoms with Crippen LogP contribution in [-0.4, -0.2) is 23.1 Å². The Kier molecular flexibility index (Phi) is 7.74. The van der Waals surface area contributed by atoms with Crippen LogP contribution in [0.4, 0.5) is 4.79 Å². The summed E-state index contributed by atoms with van der Waals surface area (Å²) in [6.45, 7) is 11.4. The molecule has 1 amide bonds. The van der Waals surface area contributed by atoms with Gasteiger partial charge in [0, 0.05) is 12.1 Å². The topological polar surface area (TPSA) is 29.5 Å². The summed E-state index contributed by atoms with van der Waals surface area (Å²) in [6.07, 6.45) is -0.304. The zero-order valence-electron chi connectivity index (χ0n) is 12.8. The summed E-state index contributed by atoms with van der Waals surface area (Å²) in [5.41, 5.74) is 2.04. The van der Waals surface area contributed by atoms with Gasteiger partial charge in [0.2, 0.25) is 0 Å². The van der Waals surface area contributed by atoms with Crippen molar-refractivity contribution in [2.24, 2.45) is 0 Å². The van der Waals surface area contributed by atoms with Crippen LogP contribution in [0, 0.1) is 13.5 Å². The largest absolute Gasteiger partial charge is 1.00 e. The summed E-state index contributed by atoms with van der Waals surface area (Å²) >= 11 is 0. The first-order chi connectivity index (χ1) is 8.41. The first kappa shape index (κ1) is 18.0. The Morgan fingerprint density at radius 2 is 1.79 bits per heavy atom. The van der Waals surface area contributed by atoms with Crippen LogP contribution in [0.25, 0.3) is 0 Å². The smallest absolute Gasteiger partial charge is 0.481 e. The van der Waals surface area contributed by atoms with Gasteiger partial charge in [-0.1, -0.05) is 13.0 Å². The van der Waals surface area contributed by atoms with Gasteiger partial charge in [-0.3, -0.25) is 0 Å². The molecule has 19 heavy (non-hydrogen) atoms. The van der Waals surface area contributed by atoms with E-state index in [1.807, 2.05) is 58.9 Å². The monoisotopic (exact) mass is 255 g/mol. The molecule has 100 valence electrons. The maximum atomic E-state index is 12.0. The molecule has 1 aromatic carbocycles. The van der Waals surface area contributed by atoms with E-state index in [1.165, 1.54) is 6.61 Å². The molecule has 3 nitrogen and oxygen atoms in total. The maximum absolute atomic E-state index is 12.0. The molecule has 0 spiro atoms. The van der Waals surface area contributed by atoms with Crippen molar-refractivity contribution in [1.29, 1.82) is 0 Å². The van der Waals surface area contributed by atoms with E-state index in [0.717, 1.165) is 11.1 Å². The zero-order chi connectivity index (χ0) is 13.7. The number of amides is 1. The molecule has 0 fully saturated rings. The molecule has 0 N–H and O–H groups in total. The van der Waals surface area contributed by atoms with E-state index in [1.54, 1.807) is 4.90 Å². The molecule has 0 unspecified atom stereocenters. The van der Waals surface area contributed by atoms with Gasteiger partial charge < -0.3 is 9.64 Å². The first-order valence-electron chi connectivity index (χ1n) is 6.30. The van der Waals surface area contributed by atoms with E-state index in [0.29, 0.717) is 0 Å². The minimum atomic E-state index is -0.304. The third-order valence-electron chi connectivity index (χ3n) is 2.66. The summed E-state index contributed by atoms with van der Waals surface area (Å²) in [4.78, 5) is 13.7. The van der Waals surface area contributed by atoms with Crippen LogP contribution in [0.2, 0.25) is 0 Å². The second-order valence-corrected chi connectivity index (χ2v) is 5.01. The SMILES string of the molecule is Cc1cccc([CH-]OC(=O)N(C(C)C)C(C)C)c1.[Li+]. The Labute approximate surface area is 128 Å². The quantitative estimate of drug-likeness (QED) is 0.587. The number of rotatable bonds is 4. The maximum Gasteiger partial charge on any atom is 1.00 e.